The number of hydrogen-bond donors (Lipinski definition) is 0. The third-order valence-electron chi connectivity index (χ3n) is 1.00. The van der Waals surface area contributed by atoms with Gasteiger partial charge in [0.15, 0.2) is 11.6 Å². The monoisotopic (exact) mass is 263 g/mol. The van der Waals surface area contributed by atoms with Gasteiger partial charge in [-0.3, -0.25) is 23.5 Å². The molecule has 1 aromatic carbocycles. The molecule has 1 rings (SSSR count). The summed E-state index contributed by atoms with van der Waals surface area (Å²) in [6.07, 6.45) is 0. The number of halogens is 8. The van der Waals surface area contributed by atoms with E-state index in [0.717, 1.165) is 6.07 Å². The molecule has 0 aliphatic rings. The Hall–Kier alpha value is -1.12. The van der Waals surface area contributed by atoms with E-state index in [1.807, 2.05) is 0 Å². The Labute approximate surface area is 84.7 Å². The summed E-state index contributed by atoms with van der Waals surface area (Å²) in [6, 6.07) is 1.49. The van der Waals surface area contributed by atoms with Crippen LogP contribution in [0.3, 0.4) is 0 Å². The standard InChI is InChI=1S/C6H2F3S.5FH/c7-3-1-2-4(8)6(10)5(3)9;;;;;/h1-2H;5*1H. The van der Waals surface area contributed by atoms with Gasteiger partial charge in [0.25, 0.3) is 0 Å². The average Bonchev–Trinajstić information content (AvgIpc) is 1.93. The van der Waals surface area contributed by atoms with Gasteiger partial charge in [-0.1, -0.05) is 12.6 Å². The summed E-state index contributed by atoms with van der Waals surface area (Å²) in [7, 11) is 0. The van der Waals surface area contributed by atoms with E-state index < -0.39 is 22.3 Å². The van der Waals surface area contributed by atoms with Crippen LogP contribution < -0.4 is 0 Å². The van der Waals surface area contributed by atoms with Crippen molar-refractivity contribution < 1.29 is 36.7 Å². The van der Waals surface area contributed by atoms with Crippen molar-refractivity contribution in [3.8, 4) is 0 Å². The first-order valence-electron chi connectivity index (χ1n) is 2.43. The third kappa shape index (κ3) is 6.05. The first-order valence-corrected chi connectivity index (χ1v) is 2.84. The van der Waals surface area contributed by atoms with E-state index in [9.17, 15) is 13.2 Å². The van der Waals surface area contributed by atoms with Crippen molar-refractivity contribution in [3.63, 3.8) is 0 Å². The maximum atomic E-state index is 12.3. The molecule has 0 spiro atoms. The molecule has 9 heteroatoms. The molecule has 0 unspecified atom stereocenters. The van der Waals surface area contributed by atoms with Crippen molar-refractivity contribution in [1.82, 2.24) is 0 Å². The lowest BCUT2D eigenvalue weighted by Crippen LogP contribution is -1.88. The van der Waals surface area contributed by atoms with Gasteiger partial charge >= 0.3 is 0 Å². The van der Waals surface area contributed by atoms with Gasteiger partial charge in [0.2, 0.25) is 0 Å². The second-order valence-electron chi connectivity index (χ2n) is 1.67. The summed E-state index contributed by atoms with van der Waals surface area (Å²) in [5.74, 6) is -3.32. The summed E-state index contributed by atoms with van der Waals surface area (Å²) in [4.78, 5) is -0.694. The molecule has 0 aliphatic carbocycles. The summed E-state index contributed by atoms with van der Waals surface area (Å²) >= 11 is 4.19. The topological polar surface area (TPSA) is 0 Å². The fourth-order valence-corrected chi connectivity index (χ4v) is 0.674. The smallest absolute Gasteiger partial charge is 0.179 e. The fraction of sp³-hybridized carbons (Fsp3) is 0. The molecule has 0 amide bonds. The normalized spacial score (nSPS) is 6.60. The van der Waals surface area contributed by atoms with Gasteiger partial charge in [-0.2, -0.15) is 0 Å². The number of benzene rings is 1. The van der Waals surface area contributed by atoms with Gasteiger partial charge in [-0.25, -0.2) is 13.2 Å². The van der Waals surface area contributed by atoms with Crippen LogP contribution in [0.2, 0.25) is 0 Å². The predicted octanol–water partition coefficient (Wildman–Crippen LogP) is 3.42. The van der Waals surface area contributed by atoms with Crippen molar-refractivity contribution in [2.24, 2.45) is 0 Å². The van der Waals surface area contributed by atoms with Gasteiger partial charge in [-0.05, 0) is 12.1 Å². The molecule has 0 saturated carbocycles. The van der Waals surface area contributed by atoms with E-state index in [2.05, 4.69) is 12.6 Å². The Morgan fingerprint density at radius 1 is 0.733 bits per heavy atom. The molecule has 0 atom stereocenters. The highest BCUT2D eigenvalue weighted by atomic mass is 32.1. The van der Waals surface area contributed by atoms with Crippen molar-refractivity contribution in [1.29, 1.82) is 0 Å². The average molecular weight is 263 g/mol. The first-order chi connectivity index (χ1) is 4.63. The summed E-state index contributed by atoms with van der Waals surface area (Å²) in [6.45, 7) is 0. The summed E-state index contributed by atoms with van der Waals surface area (Å²) in [5.41, 5.74) is 0. The second kappa shape index (κ2) is 11.0. The van der Waals surface area contributed by atoms with Crippen LogP contribution in [0, 0.1) is 17.5 Å². The molecule has 0 heterocycles. The molecular formula is C6H7F8S. The fourth-order valence-electron chi connectivity index (χ4n) is 0.508. The molecule has 0 fully saturated rings. The minimum Gasteiger partial charge on any atom is -0.269 e. The lowest BCUT2D eigenvalue weighted by Gasteiger charge is -1.95. The quantitative estimate of drug-likeness (QED) is 0.497. The molecule has 1 aromatic rings. The number of hydrogen-bond acceptors (Lipinski definition) is 0. The molecule has 0 nitrogen and oxygen atoms in total. The van der Waals surface area contributed by atoms with Gasteiger partial charge < -0.3 is 0 Å². The Balaban J connectivity index is -0.0000000667. The Bertz CT molecular complexity index is 239. The van der Waals surface area contributed by atoms with Crippen LogP contribution in [0.1, 0.15) is 0 Å². The van der Waals surface area contributed by atoms with Gasteiger partial charge in [0.1, 0.15) is 10.7 Å². The predicted molar refractivity (Wildman–Crippen MR) is 44.7 cm³/mol. The first kappa shape index (κ1) is 29.2. The molecule has 1 radical (unpaired) electrons. The van der Waals surface area contributed by atoms with Gasteiger partial charge in [0, 0.05) is 0 Å². The molecule has 15 heavy (non-hydrogen) atoms. The van der Waals surface area contributed by atoms with E-state index in [4.69, 9.17) is 0 Å². The highest BCUT2D eigenvalue weighted by Gasteiger charge is 2.09. The Kier molecular flexibility index (Phi) is 21.3. The van der Waals surface area contributed by atoms with Crippen LogP contribution >= 0.6 is 12.6 Å². The van der Waals surface area contributed by atoms with E-state index in [1.54, 1.807) is 0 Å². The molecular weight excluding hydrogens is 256 g/mol. The van der Waals surface area contributed by atoms with E-state index in [1.165, 1.54) is 0 Å². The Morgan fingerprint density at radius 3 is 1.40 bits per heavy atom. The minimum absolute atomic E-state index is 0. The molecule has 0 saturated heterocycles. The zero-order valence-corrected chi connectivity index (χ0v) is 7.55. The zero-order chi connectivity index (χ0) is 7.72. The van der Waals surface area contributed by atoms with E-state index in [-0.39, 0.29) is 23.5 Å². The lowest BCUT2D eigenvalue weighted by molar-refractivity contribution is 0.468. The van der Waals surface area contributed by atoms with Crippen LogP contribution in [0.15, 0.2) is 17.0 Å². The van der Waals surface area contributed by atoms with Crippen molar-refractivity contribution in [2.45, 2.75) is 4.90 Å². The van der Waals surface area contributed by atoms with Crippen LogP contribution in [0.25, 0.3) is 0 Å². The molecule has 0 aliphatic heterocycles. The van der Waals surface area contributed by atoms with E-state index in [0.29, 0.717) is 6.07 Å². The van der Waals surface area contributed by atoms with E-state index >= 15 is 0 Å². The zero-order valence-electron chi connectivity index (χ0n) is 6.74. The number of rotatable bonds is 0. The highest BCUT2D eigenvalue weighted by molar-refractivity contribution is 7.80. The van der Waals surface area contributed by atoms with Gasteiger partial charge in [-0.15, -0.1) is 0 Å². The van der Waals surface area contributed by atoms with Gasteiger partial charge in [0.05, 0.1) is 0 Å². The molecule has 0 bridgehead atoms. The van der Waals surface area contributed by atoms with Crippen LogP contribution in [0.4, 0.5) is 36.7 Å². The summed E-state index contributed by atoms with van der Waals surface area (Å²) in [5, 5.41) is 0. The lowest BCUT2D eigenvalue weighted by atomic mass is 10.3. The molecule has 0 aromatic heterocycles. The van der Waals surface area contributed by atoms with Crippen molar-refractivity contribution in [2.75, 3.05) is 0 Å². The minimum atomic E-state index is -1.30. The van der Waals surface area contributed by atoms with Crippen LogP contribution in [-0.4, -0.2) is 0 Å². The summed E-state index contributed by atoms with van der Waals surface area (Å²) < 4.78 is 36.7. The largest absolute Gasteiger partial charge is 0.269 e. The van der Waals surface area contributed by atoms with Crippen LogP contribution in [0.5, 0.6) is 0 Å². The third-order valence-corrected chi connectivity index (χ3v) is 1.38. The molecule has 0 N–H and O–H groups in total. The molecule has 93 valence electrons. The van der Waals surface area contributed by atoms with Crippen LogP contribution in [-0.2, 0) is 0 Å². The van der Waals surface area contributed by atoms with Crippen molar-refractivity contribution in [3.05, 3.63) is 29.6 Å². The maximum absolute atomic E-state index is 12.3. The highest BCUT2D eigenvalue weighted by Crippen LogP contribution is 2.18. The maximum Gasteiger partial charge on any atom is 0.179 e. The SMILES string of the molecule is F.F.F.F.F.Fc1ccc(F)c([S])c1F. The second-order valence-corrected chi connectivity index (χ2v) is 2.08. The Morgan fingerprint density at radius 2 is 1.07 bits per heavy atom. The van der Waals surface area contributed by atoms with Crippen molar-refractivity contribution >= 4 is 12.6 Å².